The molecule has 29 heavy (non-hydrogen) atoms. The molecule has 0 aliphatic rings. The summed E-state index contributed by atoms with van der Waals surface area (Å²) in [5.41, 5.74) is 3.37. The number of methoxy groups -OCH3 is 4. The minimum Gasteiger partial charge on any atom is -0.493 e. The Morgan fingerprint density at radius 3 is 2.00 bits per heavy atom. The van der Waals surface area contributed by atoms with E-state index < -0.39 is 0 Å². The minimum atomic E-state index is 0.711. The van der Waals surface area contributed by atoms with Crippen LogP contribution in [0.2, 0.25) is 0 Å². The van der Waals surface area contributed by atoms with Gasteiger partial charge in [-0.3, -0.25) is 0 Å². The number of benzene rings is 2. The monoisotopic (exact) mass is 399 g/mol. The van der Waals surface area contributed by atoms with Gasteiger partial charge in [0.15, 0.2) is 23.0 Å². The van der Waals surface area contributed by atoms with Crippen LogP contribution in [-0.2, 0) is 6.42 Å². The highest BCUT2D eigenvalue weighted by Crippen LogP contribution is 2.33. The van der Waals surface area contributed by atoms with E-state index in [4.69, 9.17) is 18.9 Å². The second-order valence-electron chi connectivity index (χ2n) is 6.91. The maximum absolute atomic E-state index is 5.51. The van der Waals surface area contributed by atoms with Gasteiger partial charge in [0.1, 0.15) is 0 Å². The van der Waals surface area contributed by atoms with Crippen molar-refractivity contribution < 1.29 is 18.9 Å². The van der Waals surface area contributed by atoms with E-state index in [2.05, 4.69) is 37.1 Å². The van der Waals surface area contributed by atoms with Gasteiger partial charge in [-0.15, -0.1) is 0 Å². The largest absolute Gasteiger partial charge is 0.493 e. The van der Waals surface area contributed by atoms with E-state index in [-0.39, 0.29) is 0 Å². The maximum Gasteiger partial charge on any atom is 0.161 e. The van der Waals surface area contributed by atoms with E-state index in [1.54, 1.807) is 28.4 Å². The van der Waals surface area contributed by atoms with Crippen LogP contribution >= 0.6 is 0 Å². The fourth-order valence-electron chi connectivity index (χ4n) is 3.26. The molecular formula is C24H33NO4. The standard InChI is InChI=1S/C24H33NO4/c1-7-13-25(2)14-12-20-17-24(29-6)23(28-5)16-19(20)10-8-18-9-11-21(26-3)22(15-18)27-4/h8-11,15-17H,7,12-14H2,1-6H3/b10-8+. The zero-order valence-corrected chi connectivity index (χ0v) is 18.5. The van der Waals surface area contributed by atoms with Crippen LogP contribution in [0.1, 0.15) is 30.0 Å². The number of hydrogen-bond acceptors (Lipinski definition) is 5. The molecule has 158 valence electrons. The summed E-state index contributed by atoms with van der Waals surface area (Å²) < 4.78 is 21.7. The van der Waals surface area contributed by atoms with Gasteiger partial charge in [0.2, 0.25) is 0 Å². The molecule has 0 saturated heterocycles. The molecule has 0 aliphatic heterocycles. The quantitative estimate of drug-likeness (QED) is 0.509. The molecule has 0 atom stereocenters. The van der Waals surface area contributed by atoms with Crippen molar-refractivity contribution in [3.05, 3.63) is 47.0 Å². The fraction of sp³-hybridized carbons (Fsp3) is 0.417. The zero-order chi connectivity index (χ0) is 21.2. The molecule has 0 N–H and O–H groups in total. The molecule has 0 aliphatic carbocycles. The van der Waals surface area contributed by atoms with Crippen LogP contribution in [0.15, 0.2) is 30.3 Å². The Bertz CT molecular complexity index is 817. The normalized spacial score (nSPS) is 11.1. The first-order chi connectivity index (χ1) is 14.1. The molecule has 5 nitrogen and oxygen atoms in total. The Morgan fingerprint density at radius 1 is 0.759 bits per heavy atom. The lowest BCUT2D eigenvalue weighted by atomic mass is 10.0. The van der Waals surface area contributed by atoms with Crippen LogP contribution in [0.3, 0.4) is 0 Å². The van der Waals surface area contributed by atoms with Crippen LogP contribution in [0, 0.1) is 0 Å². The average Bonchev–Trinajstić information content (AvgIpc) is 2.75. The third kappa shape index (κ3) is 6.16. The van der Waals surface area contributed by atoms with Crippen molar-refractivity contribution in [2.45, 2.75) is 19.8 Å². The summed E-state index contributed by atoms with van der Waals surface area (Å²) >= 11 is 0. The SMILES string of the molecule is CCCN(C)CCc1cc(OC)c(OC)cc1/C=C/c1ccc(OC)c(OC)c1. The van der Waals surface area contributed by atoms with Crippen LogP contribution < -0.4 is 18.9 Å². The molecule has 5 heteroatoms. The predicted octanol–water partition coefficient (Wildman–Crippen LogP) is 4.78. The van der Waals surface area contributed by atoms with Gasteiger partial charge in [0, 0.05) is 6.54 Å². The molecule has 0 aromatic heterocycles. The summed E-state index contributed by atoms with van der Waals surface area (Å²) in [4.78, 5) is 2.35. The van der Waals surface area contributed by atoms with Crippen molar-refractivity contribution in [3.63, 3.8) is 0 Å². The van der Waals surface area contributed by atoms with E-state index in [1.165, 1.54) is 5.56 Å². The van der Waals surface area contributed by atoms with Gasteiger partial charge in [0.25, 0.3) is 0 Å². The molecule has 0 radical (unpaired) electrons. The average molecular weight is 400 g/mol. The Labute approximate surface area is 174 Å². The first kappa shape index (κ1) is 22.6. The Hall–Kier alpha value is -2.66. The van der Waals surface area contributed by atoms with Gasteiger partial charge in [-0.1, -0.05) is 25.1 Å². The lowest BCUT2D eigenvalue weighted by Gasteiger charge is -2.18. The first-order valence-corrected chi connectivity index (χ1v) is 9.89. The molecule has 0 unspecified atom stereocenters. The number of ether oxygens (including phenoxy) is 4. The number of likely N-dealkylation sites (N-methyl/N-ethyl adjacent to an activating group) is 1. The molecule has 0 fully saturated rings. The van der Waals surface area contributed by atoms with Crippen LogP contribution in [0.4, 0.5) is 0 Å². The molecule has 0 amide bonds. The van der Waals surface area contributed by atoms with Crippen LogP contribution in [0.5, 0.6) is 23.0 Å². The summed E-state index contributed by atoms with van der Waals surface area (Å²) in [6, 6.07) is 9.99. The molecule has 0 saturated carbocycles. The Kier molecular flexibility index (Phi) is 8.87. The van der Waals surface area contributed by atoms with Gasteiger partial charge in [0.05, 0.1) is 28.4 Å². The highest BCUT2D eigenvalue weighted by Gasteiger charge is 2.11. The highest BCUT2D eigenvalue weighted by molar-refractivity contribution is 5.74. The molecule has 0 bridgehead atoms. The van der Waals surface area contributed by atoms with Crippen LogP contribution in [0.25, 0.3) is 12.2 Å². The zero-order valence-electron chi connectivity index (χ0n) is 18.5. The third-order valence-corrected chi connectivity index (χ3v) is 4.88. The van der Waals surface area contributed by atoms with E-state index in [9.17, 15) is 0 Å². The number of nitrogens with zero attached hydrogens (tertiary/aromatic N) is 1. The van der Waals surface area contributed by atoms with Crippen molar-refractivity contribution in [3.8, 4) is 23.0 Å². The van der Waals surface area contributed by atoms with Gasteiger partial charge in [-0.2, -0.15) is 0 Å². The molecule has 0 spiro atoms. The van der Waals surface area contributed by atoms with Crippen molar-refractivity contribution in [2.24, 2.45) is 0 Å². The van der Waals surface area contributed by atoms with E-state index >= 15 is 0 Å². The molecule has 2 aromatic carbocycles. The highest BCUT2D eigenvalue weighted by atomic mass is 16.5. The maximum atomic E-state index is 5.51. The molecular weight excluding hydrogens is 366 g/mol. The lowest BCUT2D eigenvalue weighted by molar-refractivity contribution is 0.337. The van der Waals surface area contributed by atoms with Gasteiger partial charge < -0.3 is 23.8 Å². The topological polar surface area (TPSA) is 40.2 Å². The number of hydrogen-bond donors (Lipinski definition) is 0. The van der Waals surface area contributed by atoms with E-state index in [0.29, 0.717) is 5.75 Å². The van der Waals surface area contributed by atoms with Gasteiger partial charge >= 0.3 is 0 Å². The summed E-state index contributed by atoms with van der Waals surface area (Å²) in [5, 5.41) is 0. The van der Waals surface area contributed by atoms with Crippen molar-refractivity contribution in [2.75, 3.05) is 48.6 Å². The van der Waals surface area contributed by atoms with Crippen molar-refractivity contribution in [1.82, 2.24) is 4.90 Å². The van der Waals surface area contributed by atoms with E-state index in [0.717, 1.165) is 54.3 Å². The second kappa shape index (κ2) is 11.4. The Balaban J connectivity index is 2.34. The summed E-state index contributed by atoms with van der Waals surface area (Å²) in [6.07, 6.45) is 6.26. The molecule has 2 aromatic rings. The Morgan fingerprint density at radius 2 is 1.38 bits per heavy atom. The minimum absolute atomic E-state index is 0.711. The van der Waals surface area contributed by atoms with E-state index in [1.807, 2.05) is 24.3 Å². The van der Waals surface area contributed by atoms with Crippen LogP contribution in [-0.4, -0.2) is 53.5 Å². The first-order valence-electron chi connectivity index (χ1n) is 9.89. The summed E-state index contributed by atoms with van der Waals surface area (Å²) in [7, 11) is 8.77. The third-order valence-electron chi connectivity index (χ3n) is 4.88. The van der Waals surface area contributed by atoms with Gasteiger partial charge in [-0.25, -0.2) is 0 Å². The lowest BCUT2D eigenvalue weighted by Crippen LogP contribution is -2.22. The van der Waals surface area contributed by atoms with Crippen molar-refractivity contribution in [1.29, 1.82) is 0 Å². The summed E-state index contributed by atoms with van der Waals surface area (Å²) in [5.74, 6) is 2.91. The van der Waals surface area contributed by atoms with Gasteiger partial charge in [-0.05, 0) is 67.4 Å². The molecule has 2 rings (SSSR count). The molecule has 0 heterocycles. The second-order valence-corrected chi connectivity index (χ2v) is 6.91. The fourth-order valence-corrected chi connectivity index (χ4v) is 3.26. The predicted molar refractivity (Wildman–Crippen MR) is 120 cm³/mol. The van der Waals surface area contributed by atoms with Crippen molar-refractivity contribution >= 4 is 12.2 Å². The smallest absolute Gasteiger partial charge is 0.161 e. The summed E-state index contributed by atoms with van der Waals surface area (Å²) in [6.45, 7) is 4.27. The number of rotatable bonds is 11.